The van der Waals surface area contributed by atoms with E-state index in [4.69, 9.17) is 10.2 Å². The van der Waals surface area contributed by atoms with Gasteiger partial charge in [-0.05, 0) is 12.1 Å². The summed E-state index contributed by atoms with van der Waals surface area (Å²) in [5.74, 6) is 0.828. The normalized spacial score (nSPS) is 10.6. The molecule has 102 valence electrons. The van der Waals surface area contributed by atoms with Gasteiger partial charge in [0.2, 0.25) is 0 Å². The van der Waals surface area contributed by atoms with Crippen LogP contribution in [0.3, 0.4) is 0 Å². The number of hydrazone groups is 1. The van der Waals surface area contributed by atoms with Crippen LogP contribution < -0.4 is 11.2 Å². The van der Waals surface area contributed by atoms with Crippen LogP contribution in [0, 0.1) is 10.1 Å². The number of primary amides is 1. The van der Waals surface area contributed by atoms with E-state index in [2.05, 4.69) is 5.10 Å². The van der Waals surface area contributed by atoms with Crippen LogP contribution in [0.4, 0.5) is 10.5 Å². The molecule has 8 nitrogen and oxygen atoms in total. The molecule has 0 atom stereocenters. The van der Waals surface area contributed by atoms with Gasteiger partial charge in [-0.1, -0.05) is 12.1 Å². The molecule has 0 bridgehead atoms. The number of benzene rings is 1. The van der Waals surface area contributed by atoms with Crippen molar-refractivity contribution in [1.29, 1.82) is 0 Å². The third-order valence-electron chi connectivity index (χ3n) is 2.33. The van der Waals surface area contributed by atoms with Gasteiger partial charge in [0, 0.05) is 17.7 Å². The molecule has 2 amide bonds. The van der Waals surface area contributed by atoms with Gasteiger partial charge in [-0.2, -0.15) is 5.10 Å². The van der Waals surface area contributed by atoms with Gasteiger partial charge in [0.25, 0.3) is 5.69 Å². The molecule has 8 heteroatoms. The van der Waals surface area contributed by atoms with Gasteiger partial charge in [-0.15, -0.1) is 0 Å². The summed E-state index contributed by atoms with van der Waals surface area (Å²) >= 11 is 0. The lowest BCUT2D eigenvalue weighted by Gasteiger charge is -1.96. The molecule has 0 aliphatic heterocycles. The smallest absolute Gasteiger partial charge is 0.332 e. The topological polar surface area (TPSA) is 124 Å². The fraction of sp³-hybridized carbons (Fsp3) is 0. The number of urea groups is 1. The van der Waals surface area contributed by atoms with Crippen LogP contribution in [0.1, 0.15) is 5.76 Å². The fourth-order valence-corrected chi connectivity index (χ4v) is 1.51. The Kier molecular flexibility index (Phi) is 3.75. The van der Waals surface area contributed by atoms with Gasteiger partial charge in [0.15, 0.2) is 0 Å². The van der Waals surface area contributed by atoms with E-state index in [9.17, 15) is 14.9 Å². The Balaban J connectivity index is 2.20. The van der Waals surface area contributed by atoms with Crippen molar-refractivity contribution in [2.75, 3.05) is 0 Å². The number of non-ortho nitro benzene ring substituents is 1. The van der Waals surface area contributed by atoms with Crippen LogP contribution in [0.5, 0.6) is 0 Å². The highest BCUT2D eigenvalue weighted by atomic mass is 16.6. The number of rotatable bonds is 4. The quantitative estimate of drug-likeness (QED) is 0.501. The average molecular weight is 274 g/mol. The van der Waals surface area contributed by atoms with E-state index in [1.807, 2.05) is 5.43 Å². The Morgan fingerprint density at radius 2 is 2.20 bits per heavy atom. The summed E-state index contributed by atoms with van der Waals surface area (Å²) in [5, 5.41) is 14.2. The summed E-state index contributed by atoms with van der Waals surface area (Å²) in [7, 11) is 0. The highest BCUT2D eigenvalue weighted by molar-refractivity contribution is 5.79. The number of furan rings is 1. The zero-order valence-corrected chi connectivity index (χ0v) is 10.1. The molecule has 0 aliphatic rings. The Morgan fingerprint density at radius 1 is 1.40 bits per heavy atom. The molecule has 2 aromatic rings. The van der Waals surface area contributed by atoms with Crippen molar-refractivity contribution >= 4 is 17.9 Å². The molecule has 0 spiro atoms. The molecular formula is C12H10N4O4. The molecule has 0 radical (unpaired) electrons. The summed E-state index contributed by atoms with van der Waals surface area (Å²) in [6, 6.07) is 8.52. The van der Waals surface area contributed by atoms with E-state index >= 15 is 0 Å². The number of hydrogen-bond acceptors (Lipinski definition) is 5. The number of nitrogens with two attached hydrogens (primary N) is 1. The van der Waals surface area contributed by atoms with Crippen LogP contribution >= 0.6 is 0 Å². The summed E-state index contributed by atoms with van der Waals surface area (Å²) < 4.78 is 5.42. The zero-order valence-electron chi connectivity index (χ0n) is 10.1. The van der Waals surface area contributed by atoms with Crippen molar-refractivity contribution in [2.45, 2.75) is 0 Å². The first-order chi connectivity index (χ1) is 9.56. The minimum atomic E-state index is -0.785. The number of nitro groups is 1. The summed E-state index contributed by atoms with van der Waals surface area (Å²) in [6.07, 6.45) is 1.27. The second-order valence-corrected chi connectivity index (χ2v) is 3.74. The summed E-state index contributed by atoms with van der Waals surface area (Å²) in [5.41, 5.74) is 7.41. The monoisotopic (exact) mass is 274 g/mol. The van der Waals surface area contributed by atoms with E-state index in [1.165, 1.54) is 18.3 Å². The van der Waals surface area contributed by atoms with E-state index in [-0.39, 0.29) is 5.69 Å². The number of hydrogen-bond donors (Lipinski definition) is 2. The lowest BCUT2D eigenvalue weighted by Crippen LogP contribution is -2.24. The number of nitrogens with zero attached hydrogens (tertiary/aromatic N) is 2. The molecule has 0 saturated heterocycles. The summed E-state index contributed by atoms with van der Waals surface area (Å²) in [6.45, 7) is 0. The van der Waals surface area contributed by atoms with E-state index in [0.29, 0.717) is 17.1 Å². The second kappa shape index (κ2) is 5.65. The van der Waals surface area contributed by atoms with Crippen molar-refractivity contribution in [3.63, 3.8) is 0 Å². The number of nitrogens with one attached hydrogen (secondary N) is 1. The molecule has 1 aromatic heterocycles. The maximum atomic E-state index is 10.7. The molecule has 0 saturated carbocycles. The third kappa shape index (κ3) is 3.19. The Hall–Kier alpha value is -3.16. The van der Waals surface area contributed by atoms with E-state index < -0.39 is 11.0 Å². The van der Waals surface area contributed by atoms with Crippen LogP contribution in [0.2, 0.25) is 0 Å². The lowest BCUT2D eigenvalue weighted by atomic mass is 10.1. The highest BCUT2D eigenvalue weighted by Gasteiger charge is 2.09. The Morgan fingerprint density at radius 3 is 2.90 bits per heavy atom. The Bertz CT molecular complexity index is 678. The van der Waals surface area contributed by atoms with Gasteiger partial charge in [-0.25, -0.2) is 10.2 Å². The predicted molar refractivity (Wildman–Crippen MR) is 71.1 cm³/mol. The molecule has 1 heterocycles. The van der Waals surface area contributed by atoms with Crippen LogP contribution in [0.25, 0.3) is 11.3 Å². The SMILES string of the molecule is NC(=O)N/N=C/c1ccc(-c2cccc([N+](=O)[O-])c2)o1. The minimum absolute atomic E-state index is 0.0236. The maximum absolute atomic E-state index is 10.7. The Labute approximate surface area is 113 Å². The molecule has 3 N–H and O–H groups in total. The van der Waals surface area contributed by atoms with Crippen LogP contribution in [-0.4, -0.2) is 17.2 Å². The number of carbonyl (C=O) groups excluding carboxylic acids is 1. The van der Waals surface area contributed by atoms with E-state index in [0.717, 1.165) is 0 Å². The molecule has 0 unspecified atom stereocenters. The van der Waals surface area contributed by atoms with Crippen LogP contribution in [0.15, 0.2) is 45.9 Å². The van der Waals surface area contributed by atoms with E-state index in [1.54, 1.807) is 24.3 Å². The molecule has 0 fully saturated rings. The predicted octanol–water partition coefficient (Wildman–Crippen LogP) is 1.86. The first-order valence-corrected chi connectivity index (χ1v) is 5.49. The van der Waals surface area contributed by atoms with Gasteiger partial charge >= 0.3 is 6.03 Å². The van der Waals surface area contributed by atoms with Gasteiger partial charge in [0.05, 0.1) is 11.1 Å². The van der Waals surface area contributed by atoms with Crippen molar-refractivity contribution < 1.29 is 14.1 Å². The fourth-order valence-electron chi connectivity index (χ4n) is 1.51. The molecule has 2 rings (SSSR count). The molecule has 0 aliphatic carbocycles. The van der Waals surface area contributed by atoms with Gasteiger partial charge < -0.3 is 10.2 Å². The number of nitro benzene ring substituents is 1. The summed E-state index contributed by atoms with van der Waals surface area (Å²) in [4.78, 5) is 20.6. The van der Waals surface area contributed by atoms with Crippen molar-refractivity contribution in [3.8, 4) is 11.3 Å². The van der Waals surface area contributed by atoms with Crippen molar-refractivity contribution in [3.05, 3.63) is 52.3 Å². The maximum Gasteiger partial charge on any atom is 0.332 e. The number of amides is 2. The molecular weight excluding hydrogens is 264 g/mol. The lowest BCUT2D eigenvalue weighted by molar-refractivity contribution is -0.384. The van der Waals surface area contributed by atoms with Gasteiger partial charge in [0.1, 0.15) is 11.5 Å². The van der Waals surface area contributed by atoms with Crippen molar-refractivity contribution in [1.82, 2.24) is 5.43 Å². The first-order valence-electron chi connectivity index (χ1n) is 5.49. The zero-order chi connectivity index (χ0) is 14.5. The van der Waals surface area contributed by atoms with Crippen molar-refractivity contribution in [2.24, 2.45) is 10.8 Å². The molecule has 1 aromatic carbocycles. The minimum Gasteiger partial charge on any atom is -0.455 e. The largest absolute Gasteiger partial charge is 0.455 e. The molecule has 20 heavy (non-hydrogen) atoms. The third-order valence-corrected chi connectivity index (χ3v) is 2.33. The van der Waals surface area contributed by atoms with Gasteiger partial charge in [-0.3, -0.25) is 10.1 Å². The van der Waals surface area contributed by atoms with Crippen LogP contribution in [-0.2, 0) is 0 Å². The first kappa shape index (κ1) is 13.3. The average Bonchev–Trinajstić information content (AvgIpc) is 2.87. The standard InChI is InChI=1S/C12H10N4O4/c13-12(17)15-14-7-10-4-5-11(20-10)8-2-1-3-9(6-8)16(18)19/h1-7H,(H3,13,15,17)/b14-7+. The number of carbonyl (C=O) groups is 1. The highest BCUT2D eigenvalue weighted by Crippen LogP contribution is 2.25. The second-order valence-electron chi connectivity index (χ2n) is 3.74.